The fourth-order valence-corrected chi connectivity index (χ4v) is 2.44. The van der Waals surface area contributed by atoms with Crippen molar-refractivity contribution in [1.82, 2.24) is 19.9 Å². The minimum atomic E-state index is 0.840. The Morgan fingerprint density at radius 2 is 2.18 bits per heavy atom. The minimum absolute atomic E-state index is 0.840. The third-order valence-electron chi connectivity index (χ3n) is 3.39. The monoisotopic (exact) mass is 230 g/mol. The number of rotatable bonds is 3. The first kappa shape index (κ1) is 10.7. The zero-order valence-electron chi connectivity index (χ0n) is 10.2. The molecule has 1 aliphatic heterocycles. The normalized spacial score (nSPS) is 17.0. The SMILES string of the molecule is Cc1cnc2nc(CCN3CCCC3)[nH]c2c1. The summed E-state index contributed by atoms with van der Waals surface area (Å²) in [7, 11) is 0. The van der Waals surface area contributed by atoms with Crippen LogP contribution in [0, 0.1) is 6.92 Å². The van der Waals surface area contributed by atoms with E-state index < -0.39 is 0 Å². The summed E-state index contributed by atoms with van der Waals surface area (Å²) in [6.45, 7) is 5.66. The molecule has 17 heavy (non-hydrogen) atoms. The fraction of sp³-hybridized carbons (Fsp3) is 0.538. The third kappa shape index (κ3) is 2.31. The van der Waals surface area contributed by atoms with Gasteiger partial charge in [0.05, 0.1) is 5.52 Å². The molecule has 0 saturated carbocycles. The molecule has 3 heterocycles. The summed E-state index contributed by atoms with van der Waals surface area (Å²) in [5.74, 6) is 1.06. The van der Waals surface area contributed by atoms with Crippen molar-refractivity contribution < 1.29 is 0 Å². The highest BCUT2D eigenvalue weighted by atomic mass is 15.1. The minimum Gasteiger partial charge on any atom is -0.341 e. The van der Waals surface area contributed by atoms with Crippen LogP contribution in [0.2, 0.25) is 0 Å². The van der Waals surface area contributed by atoms with Crippen LogP contribution in [0.25, 0.3) is 11.2 Å². The van der Waals surface area contributed by atoms with Crippen LogP contribution in [-0.4, -0.2) is 39.5 Å². The topological polar surface area (TPSA) is 44.8 Å². The fourth-order valence-electron chi connectivity index (χ4n) is 2.44. The largest absolute Gasteiger partial charge is 0.341 e. The van der Waals surface area contributed by atoms with Crippen LogP contribution < -0.4 is 0 Å². The molecule has 3 rings (SSSR count). The number of hydrogen-bond donors (Lipinski definition) is 1. The summed E-state index contributed by atoms with van der Waals surface area (Å²) >= 11 is 0. The molecule has 0 spiro atoms. The summed E-state index contributed by atoms with van der Waals surface area (Å²) in [6, 6.07) is 2.11. The number of aromatic nitrogens is 3. The number of hydrogen-bond acceptors (Lipinski definition) is 3. The molecule has 0 unspecified atom stereocenters. The molecule has 1 aliphatic rings. The summed E-state index contributed by atoms with van der Waals surface area (Å²) in [6.07, 6.45) is 5.56. The lowest BCUT2D eigenvalue weighted by molar-refractivity contribution is 0.341. The Morgan fingerprint density at radius 1 is 1.35 bits per heavy atom. The molecule has 90 valence electrons. The van der Waals surface area contributed by atoms with Gasteiger partial charge in [0.25, 0.3) is 0 Å². The van der Waals surface area contributed by atoms with Gasteiger partial charge in [-0.15, -0.1) is 0 Å². The Balaban J connectivity index is 1.72. The van der Waals surface area contributed by atoms with Crippen molar-refractivity contribution in [2.75, 3.05) is 19.6 Å². The van der Waals surface area contributed by atoms with E-state index in [9.17, 15) is 0 Å². The van der Waals surface area contributed by atoms with Gasteiger partial charge in [-0.3, -0.25) is 0 Å². The maximum absolute atomic E-state index is 4.52. The van der Waals surface area contributed by atoms with Crippen molar-refractivity contribution in [1.29, 1.82) is 0 Å². The highest BCUT2D eigenvalue weighted by molar-refractivity contribution is 5.70. The van der Waals surface area contributed by atoms with Gasteiger partial charge in [0.15, 0.2) is 5.65 Å². The molecule has 1 fully saturated rings. The van der Waals surface area contributed by atoms with Gasteiger partial charge in [-0.2, -0.15) is 0 Å². The molecule has 1 N–H and O–H groups in total. The van der Waals surface area contributed by atoms with E-state index in [2.05, 4.69) is 32.8 Å². The zero-order valence-corrected chi connectivity index (χ0v) is 10.2. The number of aromatic amines is 1. The standard InChI is InChI=1S/C13H18N4/c1-10-8-11-13(14-9-10)16-12(15-11)4-7-17-5-2-3-6-17/h8-9H,2-7H2,1H3,(H,14,15,16). The van der Waals surface area contributed by atoms with Gasteiger partial charge in [0.1, 0.15) is 5.82 Å². The van der Waals surface area contributed by atoms with E-state index in [0.29, 0.717) is 0 Å². The maximum atomic E-state index is 4.52. The molecular formula is C13H18N4. The van der Waals surface area contributed by atoms with Crippen LogP contribution in [0.3, 0.4) is 0 Å². The Hall–Kier alpha value is -1.42. The van der Waals surface area contributed by atoms with Crippen molar-refractivity contribution in [3.8, 4) is 0 Å². The molecule has 0 amide bonds. The van der Waals surface area contributed by atoms with Crippen molar-refractivity contribution in [2.24, 2.45) is 0 Å². The second-order valence-electron chi connectivity index (χ2n) is 4.87. The summed E-state index contributed by atoms with van der Waals surface area (Å²) in [5.41, 5.74) is 3.07. The smallest absolute Gasteiger partial charge is 0.177 e. The van der Waals surface area contributed by atoms with Crippen molar-refractivity contribution in [3.63, 3.8) is 0 Å². The number of aryl methyl sites for hydroxylation is 1. The molecule has 2 aromatic heterocycles. The van der Waals surface area contributed by atoms with Gasteiger partial charge in [-0.25, -0.2) is 9.97 Å². The Kier molecular flexibility index (Phi) is 2.81. The summed E-state index contributed by atoms with van der Waals surface area (Å²) < 4.78 is 0. The van der Waals surface area contributed by atoms with Gasteiger partial charge in [0.2, 0.25) is 0 Å². The highest BCUT2D eigenvalue weighted by Crippen LogP contribution is 2.12. The van der Waals surface area contributed by atoms with Gasteiger partial charge in [-0.05, 0) is 44.5 Å². The van der Waals surface area contributed by atoms with Crippen LogP contribution in [0.1, 0.15) is 24.2 Å². The van der Waals surface area contributed by atoms with E-state index >= 15 is 0 Å². The first-order valence-electron chi connectivity index (χ1n) is 6.35. The van der Waals surface area contributed by atoms with Gasteiger partial charge < -0.3 is 9.88 Å². The lowest BCUT2D eigenvalue weighted by Crippen LogP contribution is -2.22. The molecule has 4 nitrogen and oxygen atoms in total. The second-order valence-corrected chi connectivity index (χ2v) is 4.87. The lowest BCUT2D eigenvalue weighted by Gasteiger charge is -2.12. The maximum Gasteiger partial charge on any atom is 0.177 e. The van der Waals surface area contributed by atoms with E-state index in [1.807, 2.05) is 6.20 Å². The number of fused-ring (bicyclic) bond motifs is 1. The number of pyridine rings is 1. The van der Waals surface area contributed by atoms with Crippen molar-refractivity contribution in [2.45, 2.75) is 26.2 Å². The van der Waals surface area contributed by atoms with Gasteiger partial charge in [-0.1, -0.05) is 0 Å². The number of H-pyrrole nitrogens is 1. The van der Waals surface area contributed by atoms with E-state index in [1.165, 1.54) is 31.5 Å². The van der Waals surface area contributed by atoms with Gasteiger partial charge in [0, 0.05) is 19.2 Å². The molecule has 2 aromatic rings. The van der Waals surface area contributed by atoms with E-state index in [0.717, 1.165) is 30.0 Å². The Bertz CT molecular complexity index is 511. The highest BCUT2D eigenvalue weighted by Gasteiger charge is 2.12. The summed E-state index contributed by atoms with van der Waals surface area (Å²) in [4.78, 5) is 14.7. The molecule has 0 aromatic carbocycles. The van der Waals surface area contributed by atoms with Crippen molar-refractivity contribution >= 4 is 11.2 Å². The lowest BCUT2D eigenvalue weighted by atomic mass is 10.3. The number of nitrogens with one attached hydrogen (secondary N) is 1. The number of imidazole rings is 1. The number of likely N-dealkylation sites (tertiary alicyclic amines) is 1. The number of nitrogens with zero attached hydrogens (tertiary/aromatic N) is 3. The molecule has 1 saturated heterocycles. The van der Waals surface area contributed by atoms with Crippen molar-refractivity contribution in [3.05, 3.63) is 23.7 Å². The average Bonchev–Trinajstić information content (AvgIpc) is 2.94. The van der Waals surface area contributed by atoms with E-state index in [1.54, 1.807) is 0 Å². The molecular weight excluding hydrogens is 212 g/mol. The molecule has 0 bridgehead atoms. The summed E-state index contributed by atoms with van der Waals surface area (Å²) in [5, 5.41) is 0. The Labute approximate surface area is 101 Å². The second kappa shape index (κ2) is 4.45. The molecule has 0 atom stereocenters. The quantitative estimate of drug-likeness (QED) is 0.876. The first-order chi connectivity index (χ1) is 8.31. The first-order valence-corrected chi connectivity index (χ1v) is 6.35. The third-order valence-corrected chi connectivity index (χ3v) is 3.39. The predicted molar refractivity (Wildman–Crippen MR) is 68.0 cm³/mol. The van der Waals surface area contributed by atoms with Gasteiger partial charge >= 0.3 is 0 Å². The van der Waals surface area contributed by atoms with Crippen LogP contribution in [0.5, 0.6) is 0 Å². The molecule has 0 aliphatic carbocycles. The average molecular weight is 230 g/mol. The van der Waals surface area contributed by atoms with Crippen LogP contribution in [0.15, 0.2) is 12.3 Å². The van der Waals surface area contributed by atoms with E-state index in [4.69, 9.17) is 0 Å². The molecule has 4 heteroatoms. The predicted octanol–water partition coefficient (Wildman–Crippen LogP) is 1.90. The van der Waals surface area contributed by atoms with Crippen LogP contribution in [0.4, 0.5) is 0 Å². The van der Waals surface area contributed by atoms with E-state index in [-0.39, 0.29) is 0 Å². The molecule has 0 radical (unpaired) electrons. The zero-order chi connectivity index (χ0) is 11.7. The Morgan fingerprint density at radius 3 is 3.00 bits per heavy atom. The van der Waals surface area contributed by atoms with Crippen LogP contribution >= 0.6 is 0 Å². The van der Waals surface area contributed by atoms with Crippen LogP contribution in [-0.2, 0) is 6.42 Å².